The fraction of sp³-hybridized carbons (Fsp3) is 0.542. The van der Waals surface area contributed by atoms with Gasteiger partial charge in [0.1, 0.15) is 0 Å². The van der Waals surface area contributed by atoms with Gasteiger partial charge in [0.15, 0.2) is 9.84 Å². The number of hydrogen-bond donors (Lipinski definition) is 1. The van der Waals surface area contributed by atoms with E-state index in [1.165, 1.54) is 25.9 Å². The Balaban J connectivity index is 1.27. The van der Waals surface area contributed by atoms with Gasteiger partial charge in [0.25, 0.3) is 5.56 Å². The number of H-pyrrole nitrogens is 1. The minimum Gasteiger partial charge on any atom is -0.325 e. The number of pyridine rings is 1. The Labute approximate surface area is 183 Å². The first-order chi connectivity index (χ1) is 15.0. The first kappa shape index (κ1) is 20.9. The number of likely N-dealkylation sites (tertiary alicyclic amines) is 2. The molecule has 166 valence electrons. The van der Waals surface area contributed by atoms with E-state index in [4.69, 9.17) is 0 Å². The summed E-state index contributed by atoms with van der Waals surface area (Å²) in [6.07, 6.45) is 7.75. The molecule has 1 aromatic carbocycles. The summed E-state index contributed by atoms with van der Waals surface area (Å²) in [5, 5.41) is 1.44. The van der Waals surface area contributed by atoms with Gasteiger partial charge in [-0.15, -0.1) is 0 Å². The summed E-state index contributed by atoms with van der Waals surface area (Å²) < 4.78 is 26.3. The molecule has 7 heteroatoms. The molecule has 2 saturated heterocycles. The van der Waals surface area contributed by atoms with Crippen molar-refractivity contribution in [1.82, 2.24) is 14.8 Å². The fourth-order valence-corrected chi connectivity index (χ4v) is 6.91. The van der Waals surface area contributed by atoms with Crippen LogP contribution < -0.4 is 5.56 Å². The predicted octanol–water partition coefficient (Wildman–Crippen LogP) is 2.79. The molecule has 2 aliphatic heterocycles. The Kier molecular flexibility index (Phi) is 5.75. The third-order valence-electron chi connectivity index (χ3n) is 7.27. The number of rotatable bonds is 5. The van der Waals surface area contributed by atoms with E-state index < -0.39 is 9.84 Å². The maximum absolute atomic E-state index is 13.1. The van der Waals surface area contributed by atoms with Crippen LogP contribution in [0, 0.1) is 0 Å². The second-order valence-electron chi connectivity index (χ2n) is 9.14. The summed E-state index contributed by atoms with van der Waals surface area (Å²) in [7, 11) is -3.32. The van der Waals surface area contributed by atoms with E-state index in [9.17, 15) is 13.2 Å². The Morgan fingerprint density at radius 2 is 1.68 bits per heavy atom. The number of allylic oxidation sites excluding steroid dienone is 1. The van der Waals surface area contributed by atoms with Crippen LogP contribution in [0.5, 0.6) is 0 Å². The Morgan fingerprint density at radius 3 is 2.42 bits per heavy atom. The van der Waals surface area contributed by atoms with Gasteiger partial charge in [-0.2, -0.15) is 0 Å². The summed E-state index contributed by atoms with van der Waals surface area (Å²) in [6, 6.07) is 8.10. The van der Waals surface area contributed by atoms with Crippen LogP contribution in [0.25, 0.3) is 16.8 Å². The Morgan fingerprint density at radius 1 is 0.968 bits per heavy atom. The minimum atomic E-state index is -3.32. The first-order valence-corrected chi connectivity index (χ1v) is 13.2. The third kappa shape index (κ3) is 4.23. The van der Waals surface area contributed by atoms with Crippen molar-refractivity contribution >= 4 is 26.7 Å². The third-order valence-corrected chi connectivity index (χ3v) is 9.11. The molecule has 2 aromatic rings. The normalized spacial score (nSPS) is 21.4. The summed E-state index contributed by atoms with van der Waals surface area (Å²) in [4.78, 5) is 20.7. The lowest BCUT2D eigenvalue weighted by atomic mass is 9.97. The van der Waals surface area contributed by atoms with Gasteiger partial charge in [-0.25, -0.2) is 8.42 Å². The van der Waals surface area contributed by atoms with Crippen molar-refractivity contribution in [3.63, 3.8) is 0 Å². The van der Waals surface area contributed by atoms with Crippen LogP contribution in [-0.2, 0) is 16.3 Å². The molecule has 0 amide bonds. The van der Waals surface area contributed by atoms with Crippen molar-refractivity contribution in [1.29, 1.82) is 0 Å². The summed E-state index contributed by atoms with van der Waals surface area (Å²) in [5.41, 5.74) is 1.59. The number of aryl methyl sites for hydroxylation is 1. The molecular weight excluding hydrogens is 410 g/mol. The average Bonchev–Trinajstić information content (AvgIpc) is 3.33. The fourth-order valence-electron chi connectivity index (χ4n) is 5.43. The van der Waals surface area contributed by atoms with Crippen LogP contribution in [0.1, 0.15) is 43.4 Å². The zero-order valence-electron chi connectivity index (χ0n) is 18.0. The molecule has 1 aromatic heterocycles. The monoisotopic (exact) mass is 441 g/mol. The highest BCUT2D eigenvalue weighted by atomic mass is 32.2. The molecule has 1 aliphatic carbocycles. The summed E-state index contributed by atoms with van der Waals surface area (Å²) in [5.74, 6) is 0.170. The number of nitrogens with one attached hydrogen (secondary N) is 1. The van der Waals surface area contributed by atoms with Gasteiger partial charge < -0.3 is 14.8 Å². The van der Waals surface area contributed by atoms with Gasteiger partial charge in [-0.3, -0.25) is 4.79 Å². The van der Waals surface area contributed by atoms with E-state index in [2.05, 4.69) is 14.8 Å². The number of nitrogens with zero attached hydrogens (tertiary/aromatic N) is 2. The van der Waals surface area contributed by atoms with E-state index >= 15 is 0 Å². The molecule has 0 saturated carbocycles. The number of aromatic amines is 1. The minimum absolute atomic E-state index is 0.105. The molecule has 0 unspecified atom stereocenters. The van der Waals surface area contributed by atoms with Crippen molar-refractivity contribution in [2.24, 2.45) is 0 Å². The number of piperidine rings is 1. The second-order valence-corrected chi connectivity index (χ2v) is 11.3. The largest absolute Gasteiger partial charge is 0.325 e. The number of hydrogen-bond acceptors (Lipinski definition) is 5. The second kappa shape index (κ2) is 8.52. The van der Waals surface area contributed by atoms with Gasteiger partial charge in [-0.05, 0) is 82.2 Å². The molecular formula is C24H31N3O3S. The lowest BCUT2D eigenvalue weighted by Gasteiger charge is -2.36. The highest BCUT2D eigenvalue weighted by Gasteiger charge is 2.28. The zero-order valence-corrected chi connectivity index (χ0v) is 18.8. The van der Waals surface area contributed by atoms with Gasteiger partial charge in [0.2, 0.25) is 0 Å². The van der Waals surface area contributed by atoms with Crippen molar-refractivity contribution in [2.75, 3.05) is 38.5 Å². The van der Waals surface area contributed by atoms with E-state index in [-0.39, 0.29) is 11.3 Å². The van der Waals surface area contributed by atoms with Gasteiger partial charge in [0, 0.05) is 34.1 Å². The molecule has 3 heterocycles. The molecule has 0 atom stereocenters. The number of sulfone groups is 1. The van der Waals surface area contributed by atoms with Crippen LogP contribution in [0.15, 0.2) is 34.0 Å². The lowest BCUT2D eigenvalue weighted by molar-refractivity contribution is 0.131. The number of aromatic nitrogens is 1. The molecule has 6 nitrogen and oxygen atoms in total. The highest BCUT2D eigenvalue weighted by Crippen LogP contribution is 2.30. The molecule has 0 spiro atoms. The van der Waals surface area contributed by atoms with E-state index in [1.807, 2.05) is 18.2 Å². The Hall–Kier alpha value is -1.96. The molecule has 0 bridgehead atoms. The maximum Gasteiger partial charge on any atom is 0.256 e. The molecule has 1 N–H and O–H groups in total. The van der Waals surface area contributed by atoms with Crippen molar-refractivity contribution < 1.29 is 8.42 Å². The SMILES string of the molecule is O=c1[nH]c2c(c3ccccc13)C=C(S(=O)(=O)CCN1CCC(N3CCCC3)CC1)CC2. The van der Waals surface area contributed by atoms with Crippen LogP contribution in [0.2, 0.25) is 0 Å². The van der Waals surface area contributed by atoms with Gasteiger partial charge >= 0.3 is 0 Å². The van der Waals surface area contributed by atoms with Crippen molar-refractivity contribution in [2.45, 2.75) is 44.6 Å². The number of benzene rings is 1. The van der Waals surface area contributed by atoms with Crippen LogP contribution >= 0.6 is 0 Å². The van der Waals surface area contributed by atoms with Gasteiger partial charge in [-0.1, -0.05) is 18.2 Å². The standard InChI is InChI=1S/C24H31N3O3S/c28-24-21-6-2-1-5-20(21)22-17-19(7-8-23(22)25-24)31(29,30)16-15-26-13-9-18(10-14-26)27-11-3-4-12-27/h1-2,5-6,17-18H,3-4,7-16H2,(H,25,28). The predicted molar refractivity (Wildman–Crippen MR) is 125 cm³/mol. The van der Waals surface area contributed by atoms with Crippen LogP contribution in [0.3, 0.4) is 0 Å². The molecule has 3 aliphatic rings. The Bertz CT molecular complexity index is 1150. The maximum atomic E-state index is 13.1. The van der Waals surface area contributed by atoms with E-state index in [0.717, 1.165) is 42.6 Å². The molecule has 5 rings (SSSR count). The summed E-state index contributed by atoms with van der Waals surface area (Å²) >= 11 is 0. The molecule has 2 fully saturated rings. The topological polar surface area (TPSA) is 73.5 Å². The first-order valence-electron chi connectivity index (χ1n) is 11.5. The van der Waals surface area contributed by atoms with Crippen molar-refractivity contribution in [3.8, 4) is 0 Å². The van der Waals surface area contributed by atoms with E-state index in [1.54, 1.807) is 12.1 Å². The molecule has 0 radical (unpaired) electrons. The highest BCUT2D eigenvalue weighted by molar-refractivity contribution is 7.95. The quantitative estimate of drug-likeness (QED) is 0.772. The number of fused-ring (bicyclic) bond motifs is 3. The zero-order chi connectivity index (χ0) is 21.4. The average molecular weight is 442 g/mol. The van der Waals surface area contributed by atoms with Crippen LogP contribution in [-0.4, -0.2) is 67.7 Å². The van der Waals surface area contributed by atoms with Gasteiger partial charge in [0.05, 0.1) is 5.75 Å². The summed E-state index contributed by atoms with van der Waals surface area (Å²) in [6.45, 7) is 5.05. The van der Waals surface area contributed by atoms with Crippen LogP contribution in [0.4, 0.5) is 0 Å². The smallest absolute Gasteiger partial charge is 0.256 e. The molecule has 31 heavy (non-hydrogen) atoms. The van der Waals surface area contributed by atoms with E-state index in [0.29, 0.717) is 35.7 Å². The van der Waals surface area contributed by atoms with Crippen molar-refractivity contribution in [3.05, 3.63) is 50.8 Å². The lowest BCUT2D eigenvalue weighted by Crippen LogP contribution is -2.45.